The second kappa shape index (κ2) is 6.57. The minimum absolute atomic E-state index is 0.0136. The smallest absolute Gasteiger partial charge is 0.319 e. The Morgan fingerprint density at radius 1 is 1.36 bits per heavy atom. The summed E-state index contributed by atoms with van der Waals surface area (Å²) < 4.78 is 5.38. The molecule has 0 aliphatic heterocycles. The van der Waals surface area contributed by atoms with E-state index in [0.717, 1.165) is 6.42 Å². The third-order valence-corrected chi connectivity index (χ3v) is 3.14. The highest BCUT2D eigenvalue weighted by atomic mass is 16.4. The van der Waals surface area contributed by atoms with Gasteiger partial charge in [0.25, 0.3) is 0 Å². The number of carbonyl (C=O) groups excluding carboxylic acids is 1. The third-order valence-electron chi connectivity index (χ3n) is 3.14. The van der Waals surface area contributed by atoms with E-state index in [2.05, 4.69) is 20.6 Å². The van der Waals surface area contributed by atoms with Crippen molar-refractivity contribution in [3.63, 3.8) is 0 Å². The van der Waals surface area contributed by atoms with Crippen molar-refractivity contribution in [1.82, 2.24) is 15.3 Å². The van der Waals surface area contributed by atoms with E-state index >= 15 is 0 Å². The van der Waals surface area contributed by atoms with Crippen LogP contribution in [0.1, 0.15) is 31.2 Å². The van der Waals surface area contributed by atoms with Crippen molar-refractivity contribution in [2.75, 3.05) is 11.9 Å². The van der Waals surface area contributed by atoms with Crippen LogP contribution in [-0.4, -0.2) is 27.7 Å². The average molecular weight is 304 g/mol. The van der Waals surface area contributed by atoms with Crippen LogP contribution < -0.4 is 10.6 Å². The largest absolute Gasteiger partial charge is 0.463 e. The first-order valence-corrected chi connectivity index (χ1v) is 7.06. The van der Waals surface area contributed by atoms with Crippen LogP contribution in [0, 0.1) is 6.92 Å². The normalized spacial score (nSPS) is 13.5. The lowest BCUT2D eigenvalue weighted by Gasteiger charge is -2.21. The van der Waals surface area contributed by atoms with Gasteiger partial charge in [-0.25, -0.2) is 14.8 Å². The van der Waals surface area contributed by atoms with Crippen LogP contribution in [-0.2, 0) is 12.0 Å². The van der Waals surface area contributed by atoms with Crippen molar-refractivity contribution in [3.8, 4) is 0 Å². The zero-order valence-corrected chi connectivity index (χ0v) is 12.9. The van der Waals surface area contributed by atoms with Gasteiger partial charge in [0.1, 0.15) is 22.9 Å². The predicted octanol–water partition coefficient (Wildman–Crippen LogP) is 1.97. The number of aliphatic hydroxyl groups is 1. The maximum absolute atomic E-state index is 11.8. The molecule has 0 aliphatic carbocycles. The lowest BCUT2D eigenvalue weighted by Crippen LogP contribution is -2.40. The molecular formula is C15H20N4O3. The minimum Gasteiger partial charge on any atom is -0.463 e. The van der Waals surface area contributed by atoms with Gasteiger partial charge in [0.2, 0.25) is 0 Å². The molecule has 118 valence electrons. The van der Waals surface area contributed by atoms with Crippen molar-refractivity contribution >= 4 is 11.7 Å². The van der Waals surface area contributed by atoms with Gasteiger partial charge in [-0.05, 0) is 26.0 Å². The van der Waals surface area contributed by atoms with E-state index in [4.69, 9.17) is 4.42 Å². The molecule has 0 saturated heterocycles. The number of amides is 2. The molecule has 7 heteroatoms. The second-order valence-corrected chi connectivity index (χ2v) is 5.23. The monoisotopic (exact) mass is 304 g/mol. The molecule has 2 heterocycles. The van der Waals surface area contributed by atoms with E-state index in [1.807, 2.05) is 6.92 Å². The van der Waals surface area contributed by atoms with E-state index < -0.39 is 11.6 Å². The van der Waals surface area contributed by atoms with Gasteiger partial charge in [-0.2, -0.15) is 0 Å². The van der Waals surface area contributed by atoms with Crippen molar-refractivity contribution in [1.29, 1.82) is 0 Å². The molecular weight excluding hydrogens is 284 g/mol. The molecule has 1 atom stereocenters. The first-order valence-electron chi connectivity index (χ1n) is 7.06. The number of hydrogen-bond acceptors (Lipinski definition) is 5. The molecule has 0 spiro atoms. The first-order chi connectivity index (χ1) is 10.4. The molecule has 7 nitrogen and oxygen atoms in total. The van der Waals surface area contributed by atoms with E-state index in [1.165, 1.54) is 0 Å². The lowest BCUT2D eigenvalue weighted by atomic mass is 10.0. The number of urea groups is 1. The van der Waals surface area contributed by atoms with Gasteiger partial charge in [0.05, 0.1) is 24.6 Å². The number of aromatic nitrogens is 2. The number of aryl methyl sites for hydroxylation is 2. The van der Waals surface area contributed by atoms with Crippen LogP contribution >= 0.6 is 0 Å². The van der Waals surface area contributed by atoms with Crippen LogP contribution in [0.4, 0.5) is 10.5 Å². The molecule has 2 amide bonds. The fourth-order valence-corrected chi connectivity index (χ4v) is 1.84. The van der Waals surface area contributed by atoms with E-state index in [9.17, 15) is 9.90 Å². The van der Waals surface area contributed by atoms with Crippen LogP contribution in [0.3, 0.4) is 0 Å². The SMILES string of the molecule is CCc1ncc(NC(=O)NCC(C)(O)c2ccc(C)o2)cn1. The number of carbonyl (C=O) groups is 1. The first kappa shape index (κ1) is 16.0. The van der Waals surface area contributed by atoms with Gasteiger partial charge >= 0.3 is 6.03 Å². The average Bonchev–Trinajstić information content (AvgIpc) is 2.94. The standard InChI is InChI=1S/C15H20N4O3/c1-4-13-16-7-11(8-17-13)19-14(20)18-9-15(3,21)12-6-5-10(2)22-12/h5-8,21H,4,9H2,1-3H3,(H2,18,19,20). The fourth-order valence-electron chi connectivity index (χ4n) is 1.84. The molecule has 0 saturated carbocycles. The van der Waals surface area contributed by atoms with Crippen LogP contribution in [0.5, 0.6) is 0 Å². The summed E-state index contributed by atoms with van der Waals surface area (Å²) in [6.07, 6.45) is 3.82. The molecule has 2 aromatic heterocycles. The number of anilines is 1. The Kier molecular flexibility index (Phi) is 4.77. The number of hydrogen-bond donors (Lipinski definition) is 3. The van der Waals surface area contributed by atoms with Gasteiger partial charge in [-0.3, -0.25) is 0 Å². The summed E-state index contributed by atoms with van der Waals surface area (Å²) in [6.45, 7) is 5.33. The number of rotatable bonds is 5. The molecule has 0 aliphatic rings. The maximum Gasteiger partial charge on any atom is 0.319 e. The maximum atomic E-state index is 11.8. The summed E-state index contributed by atoms with van der Waals surface area (Å²) in [6, 6.07) is 3.00. The number of nitrogens with one attached hydrogen (secondary N) is 2. The Bertz CT molecular complexity index is 634. The highest BCUT2D eigenvalue weighted by molar-refractivity contribution is 5.88. The van der Waals surface area contributed by atoms with Crippen molar-refractivity contribution in [2.45, 2.75) is 32.8 Å². The van der Waals surface area contributed by atoms with E-state index in [-0.39, 0.29) is 6.54 Å². The Hall–Kier alpha value is -2.41. The Morgan fingerprint density at radius 2 is 2.05 bits per heavy atom. The Labute approximate surface area is 128 Å². The van der Waals surface area contributed by atoms with Gasteiger partial charge in [-0.15, -0.1) is 0 Å². The molecule has 0 bridgehead atoms. The molecule has 0 aromatic carbocycles. The molecule has 1 unspecified atom stereocenters. The highest BCUT2D eigenvalue weighted by Crippen LogP contribution is 2.21. The summed E-state index contributed by atoms with van der Waals surface area (Å²) >= 11 is 0. The summed E-state index contributed by atoms with van der Waals surface area (Å²) in [5, 5.41) is 15.5. The van der Waals surface area contributed by atoms with E-state index in [1.54, 1.807) is 38.4 Å². The molecule has 2 aromatic rings. The van der Waals surface area contributed by atoms with Gasteiger partial charge in [0, 0.05) is 6.42 Å². The Balaban J connectivity index is 1.89. The molecule has 0 fully saturated rings. The van der Waals surface area contributed by atoms with Crippen LogP contribution in [0.2, 0.25) is 0 Å². The van der Waals surface area contributed by atoms with Gasteiger partial charge in [0.15, 0.2) is 0 Å². The van der Waals surface area contributed by atoms with Gasteiger partial charge in [-0.1, -0.05) is 6.92 Å². The third kappa shape index (κ3) is 4.05. The van der Waals surface area contributed by atoms with E-state index in [0.29, 0.717) is 23.0 Å². The van der Waals surface area contributed by atoms with Gasteiger partial charge < -0.3 is 20.2 Å². The molecule has 2 rings (SSSR count). The molecule has 22 heavy (non-hydrogen) atoms. The molecule has 3 N–H and O–H groups in total. The molecule has 0 radical (unpaired) electrons. The predicted molar refractivity (Wildman–Crippen MR) is 81.4 cm³/mol. The summed E-state index contributed by atoms with van der Waals surface area (Å²) in [7, 11) is 0. The summed E-state index contributed by atoms with van der Waals surface area (Å²) in [4.78, 5) is 20.0. The topological polar surface area (TPSA) is 100 Å². The van der Waals surface area contributed by atoms with Crippen LogP contribution in [0.15, 0.2) is 28.9 Å². The quantitative estimate of drug-likeness (QED) is 0.784. The lowest BCUT2D eigenvalue weighted by molar-refractivity contribution is 0.0364. The zero-order valence-electron chi connectivity index (χ0n) is 12.9. The highest BCUT2D eigenvalue weighted by Gasteiger charge is 2.27. The Morgan fingerprint density at radius 3 is 2.59 bits per heavy atom. The fraction of sp³-hybridized carbons (Fsp3) is 0.400. The summed E-state index contributed by atoms with van der Waals surface area (Å²) in [5.74, 6) is 1.82. The zero-order chi connectivity index (χ0) is 16.2. The van der Waals surface area contributed by atoms with Crippen molar-refractivity contribution in [2.24, 2.45) is 0 Å². The van der Waals surface area contributed by atoms with Crippen molar-refractivity contribution in [3.05, 3.63) is 41.9 Å². The minimum atomic E-state index is -1.28. The summed E-state index contributed by atoms with van der Waals surface area (Å²) in [5.41, 5.74) is -0.795. The second-order valence-electron chi connectivity index (χ2n) is 5.23. The van der Waals surface area contributed by atoms with Crippen LogP contribution in [0.25, 0.3) is 0 Å². The van der Waals surface area contributed by atoms with Crippen molar-refractivity contribution < 1.29 is 14.3 Å². The number of furan rings is 1. The number of nitrogens with zero attached hydrogens (tertiary/aromatic N) is 2.